The van der Waals surface area contributed by atoms with Crippen molar-refractivity contribution in [3.05, 3.63) is 35.9 Å². The Hall–Kier alpha value is -1.42. The van der Waals surface area contributed by atoms with Crippen molar-refractivity contribution < 1.29 is 8.42 Å². The Morgan fingerprint density at radius 2 is 1.90 bits per heavy atom. The molecule has 108 valence electrons. The van der Waals surface area contributed by atoms with E-state index in [9.17, 15) is 8.42 Å². The van der Waals surface area contributed by atoms with E-state index in [4.69, 9.17) is 5.26 Å². The number of nitriles is 1. The van der Waals surface area contributed by atoms with E-state index < -0.39 is 15.8 Å². The van der Waals surface area contributed by atoms with Crippen LogP contribution in [-0.2, 0) is 16.6 Å². The van der Waals surface area contributed by atoms with Crippen LogP contribution in [0.3, 0.4) is 0 Å². The Balaban J connectivity index is 1.80. The minimum Gasteiger partial charge on any atom is -0.299 e. The van der Waals surface area contributed by atoms with Crippen molar-refractivity contribution in [2.24, 2.45) is 0 Å². The van der Waals surface area contributed by atoms with Crippen LogP contribution in [0.5, 0.6) is 0 Å². The molecule has 0 aromatic heterocycles. The minimum atomic E-state index is -3.44. The Morgan fingerprint density at radius 1 is 1.25 bits per heavy atom. The first-order valence-electron chi connectivity index (χ1n) is 6.72. The molecule has 0 aliphatic carbocycles. The molecule has 20 heavy (non-hydrogen) atoms. The van der Waals surface area contributed by atoms with Crippen LogP contribution in [0.25, 0.3) is 0 Å². The molecule has 1 aromatic rings. The molecule has 1 fully saturated rings. The summed E-state index contributed by atoms with van der Waals surface area (Å²) in [6, 6.07) is 11.9. The molecule has 5 nitrogen and oxygen atoms in total. The summed E-state index contributed by atoms with van der Waals surface area (Å²) < 4.78 is 25.7. The lowest BCUT2D eigenvalue weighted by Gasteiger charge is -2.32. The summed E-state index contributed by atoms with van der Waals surface area (Å²) in [5.74, 6) is -0.461. The van der Waals surface area contributed by atoms with E-state index in [0.717, 1.165) is 32.5 Å². The van der Waals surface area contributed by atoms with Gasteiger partial charge in [-0.2, -0.15) is 5.26 Å². The average molecular weight is 293 g/mol. The summed E-state index contributed by atoms with van der Waals surface area (Å²) >= 11 is 0. The molecule has 6 heteroatoms. The standard InChI is InChI=1S/C14H19N3O2S/c15-8-11-20(18,19)16-14-6-9-17(10-7-14)12-13-4-2-1-3-5-13/h1-5,14,16H,6-7,9-12H2. The molecule has 1 saturated heterocycles. The zero-order chi connectivity index (χ0) is 14.4. The van der Waals surface area contributed by atoms with Crippen LogP contribution in [-0.4, -0.2) is 38.2 Å². The second-order valence-electron chi connectivity index (χ2n) is 5.07. The SMILES string of the molecule is N#CCS(=O)(=O)NC1CCN(Cc2ccccc2)CC1. The lowest BCUT2D eigenvalue weighted by atomic mass is 10.1. The van der Waals surface area contributed by atoms with Gasteiger partial charge in [0, 0.05) is 25.7 Å². The summed E-state index contributed by atoms with van der Waals surface area (Å²) in [5.41, 5.74) is 1.27. The highest BCUT2D eigenvalue weighted by atomic mass is 32.2. The lowest BCUT2D eigenvalue weighted by molar-refractivity contribution is 0.200. The first-order chi connectivity index (χ1) is 9.59. The number of hydrogen-bond donors (Lipinski definition) is 1. The van der Waals surface area contributed by atoms with Gasteiger partial charge in [0.25, 0.3) is 0 Å². The molecule has 0 bridgehead atoms. The fourth-order valence-corrected chi connectivity index (χ4v) is 3.43. The van der Waals surface area contributed by atoms with Gasteiger partial charge in [-0.1, -0.05) is 30.3 Å². The Kier molecular flexibility index (Phi) is 5.12. The monoisotopic (exact) mass is 293 g/mol. The maximum absolute atomic E-state index is 11.5. The molecule has 1 aliphatic rings. The van der Waals surface area contributed by atoms with Gasteiger partial charge in [0.15, 0.2) is 5.75 Å². The Bertz CT molecular complexity index is 558. The summed E-state index contributed by atoms with van der Waals surface area (Å²) in [4.78, 5) is 2.32. The zero-order valence-electron chi connectivity index (χ0n) is 11.3. The topological polar surface area (TPSA) is 73.2 Å². The molecule has 0 saturated carbocycles. The molecular formula is C14H19N3O2S. The number of rotatable bonds is 5. The Labute approximate surface area is 120 Å². The first kappa shape index (κ1) is 15.0. The third-order valence-electron chi connectivity index (χ3n) is 3.44. The predicted molar refractivity (Wildman–Crippen MR) is 77.3 cm³/mol. The molecule has 1 aromatic carbocycles. The van der Waals surface area contributed by atoms with Gasteiger partial charge in [-0.15, -0.1) is 0 Å². The molecule has 0 radical (unpaired) electrons. The van der Waals surface area contributed by atoms with Crippen LogP contribution in [0.2, 0.25) is 0 Å². The fourth-order valence-electron chi connectivity index (χ4n) is 2.43. The number of nitrogens with zero attached hydrogens (tertiary/aromatic N) is 2. The van der Waals surface area contributed by atoms with E-state index >= 15 is 0 Å². The van der Waals surface area contributed by atoms with Gasteiger partial charge < -0.3 is 0 Å². The number of likely N-dealkylation sites (tertiary alicyclic amines) is 1. The van der Waals surface area contributed by atoms with E-state index in [1.165, 1.54) is 5.56 Å². The van der Waals surface area contributed by atoms with Gasteiger partial charge in [-0.25, -0.2) is 13.1 Å². The number of benzene rings is 1. The predicted octanol–water partition coefficient (Wildman–Crippen LogP) is 1.09. The smallest absolute Gasteiger partial charge is 0.225 e. The molecule has 1 aliphatic heterocycles. The van der Waals surface area contributed by atoms with Crippen molar-refractivity contribution in [3.63, 3.8) is 0 Å². The minimum absolute atomic E-state index is 0.0413. The molecule has 2 rings (SSSR count). The highest BCUT2D eigenvalue weighted by Crippen LogP contribution is 2.14. The maximum Gasteiger partial charge on any atom is 0.225 e. The molecule has 0 amide bonds. The second-order valence-corrected chi connectivity index (χ2v) is 6.82. The number of piperidine rings is 1. The molecular weight excluding hydrogens is 274 g/mol. The van der Waals surface area contributed by atoms with E-state index in [0.29, 0.717) is 0 Å². The van der Waals surface area contributed by atoms with E-state index in [-0.39, 0.29) is 6.04 Å². The van der Waals surface area contributed by atoms with Gasteiger partial charge in [0.1, 0.15) is 0 Å². The van der Waals surface area contributed by atoms with Crippen LogP contribution >= 0.6 is 0 Å². The zero-order valence-corrected chi connectivity index (χ0v) is 12.1. The van der Waals surface area contributed by atoms with E-state index in [2.05, 4.69) is 21.8 Å². The van der Waals surface area contributed by atoms with Gasteiger partial charge in [-0.05, 0) is 18.4 Å². The molecule has 0 atom stereocenters. The number of hydrogen-bond acceptors (Lipinski definition) is 4. The van der Waals surface area contributed by atoms with Crippen LogP contribution in [0.4, 0.5) is 0 Å². The van der Waals surface area contributed by atoms with Gasteiger partial charge in [-0.3, -0.25) is 4.90 Å². The summed E-state index contributed by atoms with van der Waals surface area (Å²) in [7, 11) is -3.44. The van der Waals surface area contributed by atoms with Gasteiger partial charge in [0.2, 0.25) is 10.0 Å². The first-order valence-corrected chi connectivity index (χ1v) is 8.37. The second kappa shape index (κ2) is 6.84. The van der Waals surface area contributed by atoms with Crippen molar-refractivity contribution in [1.82, 2.24) is 9.62 Å². The van der Waals surface area contributed by atoms with Crippen LogP contribution in [0.15, 0.2) is 30.3 Å². The third kappa shape index (κ3) is 4.60. The van der Waals surface area contributed by atoms with Crippen molar-refractivity contribution in [2.75, 3.05) is 18.8 Å². The van der Waals surface area contributed by atoms with Gasteiger partial charge >= 0.3 is 0 Å². The fraction of sp³-hybridized carbons (Fsp3) is 0.500. The molecule has 1 heterocycles. The van der Waals surface area contributed by atoms with E-state index in [1.807, 2.05) is 18.2 Å². The summed E-state index contributed by atoms with van der Waals surface area (Å²) in [6.45, 7) is 2.64. The van der Waals surface area contributed by atoms with Gasteiger partial charge in [0.05, 0.1) is 6.07 Å². The van der Waals surface area contributed by atoms with E-state index in [1.54, 1.807) is 6.07 Å². The average Bonchev–Trinajstić information content (AvgIpc) is 2.42. The third-order valence-corrected chi connectivity index (χ3v) is 4.64. The number of sulfonamides is 1. The molecule has 1 N–H and O–H groups in total. The quantitative estimate of drug-likeness (QED) is 0.882. The normalized spacial score (nSPS) is 17.8. The van der Waals surface area contributed by atoms with Crippen molar-refractivity contribution in [3.8, 4) is 6.07 Å². The van der Waals surface area contributed by atoms with Crippen molar-refractivity contribution in [1.29, 1.82) is 5.26 Å². The lowest BCUT2D eigenvalue weighted by Crippen LogP contribution is -2.44. The highest BCUT2D eigenvalue weighted by molar-refractivity contribution is 7.89. The van der Waals surface area contributed by atoms with Crippen molar-refractivity contribution >= 4 is 10.0 Å². The Morgan fingerprint density at radius 3 is 2.50 bits per heavy atom. The van der Waals surface area contributed by atoms with Crippen LogP contribution in [0.1, 0.15) is 18.4 Å². The highest BCUT2D eigenvalue weighted by Gasteiger charge is 2.23. The molecule has 0 unspecified atom stereocenters. The summed E-state index contributed by atoms with van der Waals surface area (Å²) in [6.07, 6.45) is 1.58. The van der Waals surface area contributed by atoms with Crippen LogP contribution < -0.4 is 4.72 Å². The molecule has 0 spiro atoms. The largest absolute Gasteiger partial charge is 0.299 e. The van der Waals surface area contributed by atoms with Crippen LogP contribution in [0, 0.1) is 11.3 Å². The number of nitrogens with one attached hydrogen (secondary N) is 1. The maximum atomic E-state index is 11.5. The van der Waals surface area contributed by atoms with Crippen molar-refractivity contribution in [2.45, 2.75) is 25.4 Å². The summed E-state index contributed by atoms with van der Waals surface area (Å²) in [5, 5.41) is 8.46.